The molecule has 0 radical (unpaired) electrons. The van der Waals surface area contributed by atoms with Crippen LogP contribution in [0.1, 0.15) is 0 Å². The van der Waals surface area contributed by atoms with Gasteiger partial charge in [0.15, 0.2) is 6.29 Å². The standard InChI is InChI=1S/C5H11NO4/c6-3-2(7)1-10-5(9)4(3)8/h2-5,7-9H,1,6H2/t2-,3-,4-,5-/m1/s1. The predicted molar refractivity (Wildman–Crippen MR) is 31.9 cm³/mol. The molecule has 0 saturated carbocycles. The van der Waals surface area contributed by atoms with Gasteiger partial charge in [0.2, 0.25) is 0 Å². The Morgan fingerprint density at radius 2 is 1.90 bits per heavy atom. The third-order valence-corrected chi connectivity index (χ3v) is 1.57. The first-order chi connectivity index (χ1) is 4.63. The number of nitrogens with two attached hydrogens (primary N) is 1. The highest BCUT2D eigenvalue weighted by molar-refractivity contribution is 4.84. The van der Waals surface area contributed by atoms with Gasteiger partial charge in [0.1, 0.15) is 6.10 Å². The lowest BCUT2D eigenvalue weighted by Gasteiger charge is -2.32. The SMILES string of the molecule is N[C@H]1[C@@H](O)[C@H](O)OC[C@H]1O. The summed E-state index contributed by atoms with van der Waals surface area (Å²) in [6.45, 7) is -0.0284. The summed E-state index contributed by atoms with van der Waals surface area (Å²) >= 11 is 0. The zero-order chi connectivity index (χ0) is 7.72. The van der Waals surface area contributed by atoms with Crippen LogP contribution in [0.5, 0.6) is 0 Å². The molecule has 0 aromatic rings. The van der Waals surface area contributed by atoms with E-state index in [2.05, 4.69) is 4.74 Å². The van der Waals surface area contributed by atoms with Crippen LogP contribution in [0, 0.1) is 0 Å². The van der Waals surface area contributed by atoms with Gasteiger partial charge in [0.05, 0.1) is 18.8 Å². The molecule has 0 aromatic heterocycles. The highest BCUT2D eigenvalue weighted by atomic mass is 16.6. The first-order valence-corrected chi connectivity index (χ1v) is 3.04. The maximum Gasteiger partial charge on any atom is 0.182 e. The van der Waals surface area contributed by atoms with Crippen LogP contribution in [-0.2, 0) is 4.74 Å². The van der Waals surface area contributed by atoms with E-state index in [9.17, 15) is 0 Å². The van der Waals surface area contributed by atoms with Gasteiger partial charge in [-0.3, -0.25) is 0 Å². The molecule has 0 bridgehead atoms. The molecular formula is C5H11NO4. The Kier molecular flexibility index (Phi) is 2.22. The van der Waals surface area contributed by atoms with E-state index < -0.39 is 24.5 Å². The molecule has 0 spiro atoms. The van der Waals surface area contributed by atoms with Crippen molar-refractivity contribution in [1.82, 2.24) is 0 Å². The van der Waals surface area contributed by atoms with Crippen molar-refractivity contribution >= 4 is 0 Å². The summed E-state index contributed by atoms with van der Waals surface area (Å²) in [5.74, 6) is 0. The van der Waals surface area contributed by atoms with E-state index in [0.29, 0.717) is 0 Å². The topological polar surface area (TPSA) is 95.9 Å². The molecule has 1 rings (SSSR count). The first kappa shape index (κ1) is 7.90. The minimum atomic E-state index is -1.27. The molecule has 5 N–H and O–H groups in total. The van der Waals surface area contributed by atoms with E-state index in [0.717, 1.165) is 0 Å². The second-order valence-corrected chi connectivity index (χ2v) is 2.36. The van der Waals surface area contributed by atoms with Gasteiger partial charge in [-0.1, -0.05) is 0 Å². The van der Waals surface area contributed by atoms with Crippen molar-refractivity contribution in [3.8, 4) is 0 Å². The van der Waals surface area contributed by atoms with Crippen LogP contribution in [0.2, 0.25) is 0 Å². The van der Waals surface area contributed by atoms with Crippen molar-refractivity contribution in [1.29, 1.82) is 0 Å². The van der Waals surface area contributed by atoms with Crippen LogP contribution >= 0.6 is 0 Å². The molecule has 0 unspecified atom stereocenters. The molecule has 1 aliphatic heterocycles. The van der Waals surface area contributed by atoms with E-state index in [1.807, 2.05) is 0 Å². The van der Waals surface area contributed by atoms with E-state index in [1.165, 1.54) is 0 Å². The van der Waals surface area contributed by atoms with Crippen LogP contribution in [0.25, 0.3) is 0 Å². The lowest BCUT2D eigenvalue weighted by molar-refractivity contribution is -0.219. The molecule has 10 heavy (non-hydrogen) atoms. The van der Waals surface area contributed by atoms with E-state index in [-0.39, 0.29) is 6.61 Å². The zero-order valence-corrected chi connectivity index (χ0v) is 5.34. The summed E-state index contributed by atoms with van der Waals surface area (Å²) in [6.07, 6.45) is -3.35. The second kappa shape index (κ2) is 2.81. The number of hydrogen-bond acceptors (Lipinski definition) is 5. The van der Waals surface area contributed by atoms with Crippen LogP contribution in [0.4, 0.5) is 0 Å². The molecule has 0 amide bonds. The molecule has 60 valence electrons. The Morgan fingerprint density at radius 3 is 2.40 bits per heavy atom. The molecule has 5 nitrogen and oxygen atoms in total. The van der Waals surface area contributed by atoms with Gasteiger partial charge in [-0.05, 0) is 0 Å². The smallest absolute Gasteiger partial charge is 0.182 e. The first-order valence-electron chi connectivity index (χ1n) is 3.04. The minimum Gasteiger partial charge on any atom is -0.389 e. The normalized spacial score (nSPS) is 49.2. The summed E-state index contributed by atoms with van der Waals surface area (Å²) in [5.41, 5.74) is 5.27. The Morgan fingerprint density at radius 1 is 1.30 bits per heavy atom. The molecule has 1 fully saturated rings. The number of aliphatic hydroxyl groups excluding tert-OH is 3. The van der Waals surface area contributed by atoms with E-state index >= 15 is 0 Å². The summed E-state index contributed by atoms with van der Waals surface area (Å²) in [7, 11) is 0. The molecule has 5 heteroatoms. The van der Waals surface area contributed by atoms with Gasteiger partial charge in [0, 0.05) is 0 Å². The van der Waals surface area contributed by atoms with Gasteiger partial charge in [0.25, 0.3) is 0 Å². The molecular weight excluding hydrogens is 138 g/mol. The van der Waals surface area contributed by atoms with Crippen LogP contribution in [0.3, 0.4) is 0 Å². The number of hydrogen-bond donors (Lipinski definition) is 4. The van der Waals surface area contributed by atoms with Crippen LogP contribution < -0.4 is 5.73 Å². The van der Waals surface area contributed by atoms with Gasteiger partial charge >= 0.3 is 0 Å². The average molecular weight is 149 g/mol. The molecule has 1 heterocycles. The molecule has 4 atom stereocenters. The lowest BCUT2D eigenvalue weighted by atomic mass is 10.0. The molecule has 1 saturated heterocycles. The minimum absolute atomic E-state index is 0.0284. The monoisotopic (exact) mass is 149 g/mol. The number of ether oxygens (including phenoxy) is 1. The summed E-state index contributed by atoms with van der Waals surface area (Å²) < 4.78 is 4.55. The van der Waals surface area contributed by atoms with Crippen molar-refractivity contribution in [2.45, 2.75) is 24.5 Å². The molecule has 0 aliphatic carbocycles. The fraction of sp³-hybridized carbons (Fsp3) is 1.00. The van der Waals surface area contributed by atoms with Crippen LogP contribution in [0.15, 0.2) is 0 Å². The second-order valence-electron chi connectivity index (χ2n) is 2.36. The van der Waals surface area contributed by atoms with Crippen molar-refractivity contribution in [3.63, 3.8) is 0 Å². The number of aliphatic hydroxyl groups is 3. The zero-order valence-electron chi connectivity index (χ0n) is 5.34. The predicted octanol–water partition coefficient (Wildman–Crippen LogP) is -2.62. The fourth-order valence-corrected chi connectivity index (χ4v) is 0.825. The van der Waals surface area contributed by atoms with Gasteiger partial charge in [-0.2, -0.15) is 0 Å². The van der Waals surface area contributed by atoms with E-state index in [1.54, 1.807) is 0 Å². The van der Waals surface area contributed by atoms with Crippen molar-refractivity contribution < 1.29 is 20.1 Å². The van der Waals surface area contributed by atoms with Crippen molar-refractivity contribution in [2.24, 2.45) is 5.73 Å². The van der Waals surface area contributed by atoms with Gasteiger partial charge in [-0.15, -0.1) is 0 Å². The Balaban J connectivity index is 2.52. The quantitative estimate of drug-likeness (QED) is 0.302. The van der Waals surface area contributed by atoms with Gasteiger partial charge in [-0.25, -0.2) is 0 Å². The average Bonchev–Trinajstić information content (AvgIpc) is 1.93. The van der Waals surface area contributed by atoms with E-state index in [4.69, 9.17) is 21.1 Å². The third kappa shape index (κ3) is 1.28. The lowest BCUT2D eigenvalue weighted by Crippen LogP contribution is -2.57. The Hall–Kier alpha value is -0.200. The van der Waals surface area contributed by atoms with Crippen LogP contribution in [-0.4, -0.2) is 46.5 Å². The number of rotatable bonds is 0. The van der Waals surface area contributed by atoms with Gasteiger partial charge < -0.3 is 25.8 Å². The van der Waals surface area contributed by atoms with Crippen molar-refractivity contribution in [3.05, 3.63) is 0 Å². The molecule has 1 aliphatic rings. The van der Waals surface area contributed by atoms with Crippen molar-refractivity contribution in [2.75, 3.05) is 6.61 Å². The molecule has 0 aromatic carbocycles. The maximum atomic E-state index is 8.96. The Labute approximate surface area is 58.0 Å². The summed E-state index contributed by atoms with van der Waals surface area (Å²) in [5, 5.41) is 26.7. The summed E-state index contributed by atoms with van der Waals surface area (Å²) in [4.78, 5) is 0. The fourth-order valence-electron chi connectivity index (χ4n) is 0.825. The highest BCUT2D eigenvalue weighted by Crippen LogP contribution is 2.10. The highest BCUT2D eigenvalue weighted by Gasteiger charge is 2.34. The summed E-state index contributed by atoms with van der Waals surface area (Å²) in [6, 6.07) is -0.816. The Bertz CT molecular complexity index is 106. The largest absolute Gasteiger partial charge is 0.389 e. The third-order valence-electron chi connectivity index (χ3n) is 1.57. The maximum absolute atomic E-state index is 8.96.